The zero-order chi connectivity index (χ0) is 23.6. The predicted molar refractivity (Wildman–Crippen MR) is 115 cm³/mol. The van der Waals surface area contributed by atoms with E-state index in [0.29, 0.717) is 50.4 Å². The normalized spacial score (nSPS) is 21.0. The molecule has 1 heterocycles. The van der Waals surface area contributed by atoms with Gasteiger partial charge in [-0.1, -0.05) is 6.07 Å². The molecule has 0 spiro atoms. The molecule has 1 saturated carbocycles. The molecule has 8 nitrogen and oxygen atoms in total. The van der Waals surface area contributed by atoms with Crippen LogP contribution in [0.25, 0.3) is 0 Å². The first kappa shape index (κ1) is 23.9. The summed E-state index contributed by atoms with van der Waals surface area (Å²) in [4.78, 5) is -0.917. The maximum atomic E-state index is 13.8. The Morgan fingerprint density at radius 1 is 0.848 bits per heavy atom. The van der Waals surface area contributed by atoms with Crippen molar-refractivity contribution in [3.63, 3.8) is 0 Å². The van der Waals surface area contributed by atoms with Gasteiger partial charge in [0.25, 0.3) is 0 Å². The molecule has 2 aromatic carbocycles. The molecule has 0 bridgehead atoms. The van der Waals surface area contributed by atoms with E-state index in [0.717, 1.165) is 18.2 Å². The molecule has 180 valence electrons. The second kappa shape index (κ2) is 9.53. The molecule has 1 fully saturated rings. The van der Waals surface area contributed by atoms with E-state index in [-0.39, 0.29) is 23.4 Å². The Kier molecular flexibility index (Phi) is 6.89. The fraction of sp³-hybridized carbons (Fsp3) is 0.429. The first-order valence-corrected chi connectivity index (χ1v) is 13.5. The fourth-order valence-electron chi connectivity index (χ4n) is 4.00. The van der Waals surface area contributed by atoms with Crippen molar-refractivity contribution >= 4 is 20.0 Å². The van der Waals surface area contributed by atoms with Gasteiger partial charge < -0.3 is 9.47 Å². The SMILES string of the molecule is O=S(=O)(NC1CCC(CNS(=O)(=O)c2c(F)cccc2F)CC1)c1ccc2c(c1)OCCO2. The summed E-state index contributed by atoms with van der Waals surface area (Å²) in [6.07, 6.45) is 2.11. The maximum absolute atomic E-state index is 13.8. The van der Waals surface area contributed by atoms with E-state index in [1.54, 1.807) is 6.07 Å². The van der Waals surface area contributed by atoms with Crippen molar-refractivity contribution in [1.82, 2.24) is 9.44 Å². The van der Waals surface area contributed by atoms with Gasteiger partial charge in [0.1, 0.15) is 24.8 Å². The largest absolute Gasteiger partial charge is 0.486 e. The number of halogens is 2. The van der Waals surface area contributed by atoms with Crippen LogP contribution in [0.5, 0.6) is 11.5 Å². The van der Waals surface area contributed by atoms with Crippen LogP contribution in [-0.2, 0) is 20.0 Å². The van der Waals surface area contributed by atoms with Gasteiger partial charge in [-0.3, -0.25) is 0 Å². The van der Waals surface area contributed by atoms with Crippen molar-refractivity contribution in [2.75, 3.05) is 19.8 Å². The maximum Gasteiger partial charge on any atom is 0.246 e. The molecule has 2 N–H and O–H groups in total. The second-order valence-electron chi connectivity index (χ2n) is 8.05. The number of benzene rings is 2. The van der Waals surface area contributed by atoms with E-state index in [1.807, 2.05) is 0 Å². The monoisotopic (exact) mass is 502 g/mol. The van der Waals surface area contributed by atoms with Crippen molar-refractivity contribution in [2.24, 2.45) is 5.92 Å². The average Bonchev–Trinajstić information content (AvgIpc) is 2.78. The highest BCUT2D eigenvalue weighted by atomic mass is 32.2. The highest BCUT2D eigenvalue weighted by Gasteiger charge is 2.29. The number of rotatable bonds is 7. The van der Waals surface area contributed by atoms with E-state index >= 15 is 0 Å². The highest BCUT2D eigenvalue weighted by molar-refractivity contribution is 7.89. The number of fused-ring (bicyclic) bond motifs is 1. The summed E-state index contributed by atoms with van der Waals surface area (Å²) in [5.74, 6) is -1.51. The van der Waals surface area contributed by atoms with Crippen molar-refractivity contribution in [1.29, 1.82) is 0 Å². The lowest BCUT2D eigenvalue weighted by Gasteiger charge is -2.29. The number of nitrogens with one attached hydrogen (secondary N) is 2. The van der Waals surface area contributed by atoms with Gasteiger partial charge in [0.2, 0.25) is 20.0 Å². The van der Waals surface area contributed by atoms with Crippen molar-refractivity contribution in [3.05, 3.63) is 48.0 Å². The molecule has 1 aliphatic heterocycles. The third kappa shape index (κ3) is 5.45. The van der Waals surface area contributed by atoms with Crippen LogP contribution >= 0.6 is 0 Å². The summed E-state index contributed by atoms with van der Waals surface area (Å²) < 4.78 is 93.6. The van der Waals surface area contributed by atoms with Gasteiger partial charge in [0.05, 0.1) is 4.90 Å². The third-order valence-electron chi connectivity index (χ3n) is 5.74. The van der Waals surface area contributed by atoms with Gasteiger partial charge in [0, 0.05) is 18.7 Å². The summed E-state index contributed by atoms with van der Waals surface area (Å²) in [7, 11) is -8.11. The van der Waals surface area contributed by atoms with Gasteiger partial charge in [-0.05, 0) is 55.9 Å². The number of hydrogen-bond acceptors (Lipinski definition) is 6. The smallest absolute Gasteiger partial charge is 0.246 e. The Hall–Kier alpha value is -2.28. The molecule has 33 heavy (non-hydrogen) atoms. The quantitative estimate of drug-likeness (QED) is 0.602. The van der Waals surface area contributed by atoms with Crippen LogP contribution < -0.4 is 18.9 Å². The molecule has 12 heteroatoms. The minimum atomic E-state index is -4.34. The first-order chi connectivity index (χ1) is 15.7. The average molecular weight is 503 g/mol. The first-order valence-electron chi connectivity index (χ1n) is 10.5. The molecule has 0 atom stereocenters. The third-order valence-corrected chi connectivity index (χ3v) is 8.73. The molecule has 0 aromatic heterocycles. The summed E-state index contributed by atoms with van der Waals surface area (Å²) >= 11 is 0. The van der Waals surface area contributed by atoms with Gasteiger partial charge in [-0.2, -0.15) is 0 Å². The van der Waals surface area contributed by atoms with E-state index < -0.39 is 36.6 Å². The van der Waals surface area contributed by atoms with Crippen LogP contribution in [0.2, 0.25) is 0 Å². The van der Waals surface area contributed by atoms with Crippen LogP contribution in [0.15, 0.2) is 46.2 Å². The molecule has 0 unspecified atom stereocenters. The van der Waals surface area contributed by atoms with Gasteiger partial charge in [-0.15, -0.1) is 0 Å². The molecular formula is C21H24F2N2O6S2. The Bertz CT molecular complexity index is 1210. The van der Waals surface area contributed by atoms with Crippen LogP contribution in [0.4, 0.5) is 8.78 Å². The van der Waals surface area contributed by atoms with Gasteiger partial charge in [0.15, 0.2) is 16.4 Å². The molecule has 1 aliphatic carbocycles. The zero-order valence-corrected chi connectivity index (χ0v) is 19.2. The molecule has 0 amide bonds. The molecular weight excluding hydrogens is 478 g/mol. The lowest BCUT2D eigenvalue weighted by molar-refractivity contribution is 0.171. The van der Waals surface area contributed by atoms with E-state index in [9.17, 15) is 25.6 Å². The van der Waals surface area contributed by atoms with Crippen LogP contribution in [0.1, 0.15) is 25.7 Å². The Morgan fingerprint density at radius 3 is 2.15 bits per heavy atom. The number of sulfonamides is 2. The van der Waals surface area contributed by atoms with E-state index in [2.05, 4.69) is 9.44 Å². The van der Waals surface area contributed by atoms with Crippen molar-refractivity contribution in [2.45, 2.75) is 41.5 Å². The second-order valence-corrected chi connectivity index (χ2v) is 11.5. The standard InChI is InChI=1S/C21H24F2N2O6S2/c22-17-2-1-3-18(23)21(17)33(28,29)24-13-14-4-6-15(7-5-14)25-32(26,27)16-8-9-19-20(12-16)31-11-10-30-19/h1-3,8-9,12,14-15,24-25H,4-7,10-11,13H2. The Labute approximate surface area is 191 Å². The highest BCUT2D eigenvalue weighted by Crippen LogP contribution is 2.33. The molecule has 2 aromatic rings. The summed E-state index contributed by atoms with van der Waals surface area (Å²) in [5.41, 5.74) is 0. The lowest BCUT2D eigenvalue weighted by atomic mass is 9.87. The lowest BCUT2D eigenvalue weighted by Crippen LogP contribution is -2.39. The van der Waals surface area contributed by atoms with Crippen molar-refractivity contribution in [3.8, 4) is 11.5 Å². The van der Waals surface area contributed by atoms with Crippen LogP contribution in [0, 0.1) is 17.6 Å². The molecule has 2 aliphatic rings. The Balaban J connectivity index is 1.32. The van der Waals surface area contributed by atoms with Crippen molar-refractivity contribution < 1.29 is 35.1 Å². The van der Waals surface area contributed by atoms with Gasteiger partial charge in [-0.25, -0.2) is 35.1 Å². The minimum Gasteiger partial charge on any atom is -0.486 e. The fourth-order valence-corrected chi connectivity index (χ4v) is 6.57. The predicted octanol–water partition coefficient (Wildman–Crippen LogP) is 2.55. The summed E-state index contributed by atoms with van der Waals surface area (Å²) in [6.45, 7) is 0.769. The van der Waals surface area contributed by atoms with Gasteiger partial charge >= 0.3 is 0 Å². The number of hydrogen-bond donors (Lipinski definition) is 2. The topological polar surface area (TPSA) is 111 Å². The van der Waals surface area contributed by atoms with E-state index in [1.165, 1.54) is 12.1 Å². The molecule has 4 rings (SSSR count). The van der Waals surface area contributed by atoms with E-state index in [4.69, 9.17) is 9.47 Å². The molecule has 0 saturated heterocycles. The summed E-state index contributed by atoms with van der Waals surface area (Å²) in [5, 5.41) is 0. The zero-order valence-electron chi connectivity index (χ0n) is 17.6. The summed E-state index contributed by atoms with van der Waals surface area (Å²) in [6, 6.07) is 7.01. The van der Waals surface area contributed by atoms with Crippen LogP contribution in [0.3, 0.4) is 0 Å². The molecule has 0 radical (unpaired) electrons. The van der Waals surface area contributed by atoms with Crippen LogP contribution in [-0.4, -0.2) is 42.6 Å². The number of ether oxygens (including phenoxy) is 2. The minimum absolute atomic E-state index is 0.0116. The Morgan fingerprint density at radius 2 is 1.48 bits per heavy atom.